The van der Waals surface area contributed by atoms with Gasteiger partial charge in [0.05, 0.1) is 12.1 Å². The first-order valence-corrected chi connectivity index (χ1v) is 7.12. The summed E-state index contributed by atoms with van der Waals surface area (Å²) in [5.41, 5.74) is 6.82. The van der Waals surface area contributed by atoms with Crippen molar-refractivity contribution in [3.8, 4) is 0 Å². The van der Waals surface area contributed by atoms with E-state index in [2.05, 4.69) is 15.0 Å². The quantitative estimate of drug-likeness (QED) is 0.814. The summed E-state index contributed by atoms with van der Waals surface area (Å²) >= 11 is 0. The summed E-state index contributed by atoms with van der Waals surface area (Å²) in [7, 11) is -2.93. The highest BCUT2D eigenvalue weighted by atomic mass is 32.2. The van der Waals surface area contributed by atoms with E-state index in [1.807, 2.05) is 0 Å². The molecular formula is C9H13N5O2S. The average Bonchev–Trinajstić information content (AvgIpc) is 2.61. The second-order valence-corrected chi connectivity index (χ2v) is 6.11. The van der Waals surface area contributed by atoms with E-state index < -0.39 is 9.84 Å². The lowest BCUT2D eigenvalue weighted by atomic mass is 10.4. The Hall–Kier alpha value is -1.70. The van der Waals surface area contributed by atoms with Crippen molar-refractivity contribution in [1.82, 2.24) is 19.5 Å². The van der Waals surface area contributed by atoms with E-state index >= 15 is 0 Å². The lowest BCUT2D eigenvalue weighted by Gasteiger charge is -2.02. The lowest BCUT2D eigenvalue weighted by molar-refractivity contribution is 0.593. The van der Waals surface area contributed by atoms with Gasteiger partial charge in [-0.1, -0.05) is 0 Å². The maximum Gasteiger partial charge on any atom is 0.165 e. The molecule has 0 saturated carbocycles. The molecule has 2 aromatic rings. The van der Waals surface area contributed by atoms with Gasteiger partial charge in [0.2, 0.25) is 0 Å². The molecule has 2 rings (SSSR count). The summed E-state index contributed by atoms with van der Waals surface area (Å²) < 4.78 is 23.8. The molecule has 92 valence electrons. The van der Waals surface area contributed by atoms with Crippen molar-refractivity contribution >= 4 is 26.8 Å². The average molecular weight is 255 g/mol. The van der Waals surface area contributed by atoms with Gasteiger partial charge in [-0.2, -0.15) is 0 Å². The Kier molecular flexibility index (Phi) is 2.97. The molecule has 0 spiro atoms. The molecule has 0 radical (unpaired) electrons. The lowest BCUT2D eigenvalue weighted by Crippen LogP contribution is -2.07. The molecule has 17 heavy (non-hydrogen) atoms. The SMILES string of the molecule is CS(=O)(=O)CCCn1cnc2c(N)ncnc21. The minimum absolute atomic E-state index is 0.146. The van der Waals surface area contributed by atoms with E-state index in [9.17, 15) is 8.42 Å². The number of anilines is 1. The number of nitrogen functional groups attached to an aromatic ring is 1. The van der Waals surface area contributed by atoms with Crippen LogP contribution in [0.25, 0.3) is 11.2 Å². The molecular weight excluding hydrogens is 242 g/mol. The second kappa shape index (κ2) is 4.28. The van der Waals surface area contributed by atoms with Crippen molar-refractivity contribution in [1.29, 1.82) is 0 Å². The van der Waals surface area contributed by atoms with Crippen LogP contribution in [0.4, 0.5) is 5.82 Å². The highest BCUT2D eigenvalue weighted by Gasteiger charge is 2.08. The van der Waals surface area contributed by atoms with Gasteiger partial charge in [0, 0.05) is 12.8 Å². The predicted octanol–water partition coefficient (Wildman–Crippen LogP) is -0.157. The van der Waals surface area contributed by atoms with Crippen LogP contribution in [0.3, 0.4) is 0 Å². The largest absolute Gasteiger partial charge is 0.382 e. The molecule has 7 nitrogen and oxygen atoms in total. The van der Waals surface area contributed by atoms with Crippen LogP contribution in [0.15, 0.2) is 12.7 Å². The number of nitrogens with two attached hydrogens (primary N) is 1. The van der Waals surface area contributed by atoms with Gasteiger partial charge in [-0.15, -0.1) is 0 Å². The Labute approximate surface area is 98.6 Å². The first-order valence-electron chi connectivity index (χ1n) is 5.06. The van der Waals surface area contributed by atoms with Gasteiger partial charge in [0.25, 0.3) is 0 Å². The number of aromatic nitrogens is 4. The summed E-state index contributed by atoms with van der Waals surface area (Å²) in [6.45, 7) is 0.542. The summed E-state index contributed by atoms with van der Waals surface area (Å²) in [6.07, 6.45) is 4.71. The highest BCUT2D eigenvalue weighted by molar-refractivity contribution is 7.90. The molecule has 2 heterocycles. The molecule has 0 aliphatic heterocycles. The summed E-state index contributed by atoms with van der Waals surface area (Å²) in [4.78, 5) is 12.0. The minimum atomic E-state index is -2.93. The Morgan fingerprint density at radius 1 is 1.35 bits per heavy atom. The topological polar surface area (TPSA) is 104 Å². The third-order valence-electron chi connectivity index (χ3n) is 2.34. The fourth-order valence-electron chi connectivity index (χ4n) is 1.56. The molecule has 2 aromatic heterocycles. The molecule has 0 aliphatic rings. The van der Waals surface area contributed by atoms with Crippen molar-refractivity contribution in [2.24, 2.45) is 0 Å². The normalized spacial score (nSPS) is 12.1. The Bertz CT molecular complexity index is 634. The van der Waals surface area contributed by atoms with Crippen LogP contribution in [0.2, 0.25) is 0 Å². The first kappa shape index (κ1) is 11.8. The molecule has 2 N–H and O–H groups in total. The number of aryl methyl sites for hydroxylation is 1. The van der Waals surface area contributed by atoms with Gasteiger partial charge in [-0.05, 0) is 6.42 Å². The minimum Gasteiger partial charge on any atom is -0.382 e. The number of hydrogen-bond acceptors (Lipinski definition) is 6. The fraction of sp³-hybridized carbons (Fsp3) is 0.444. The zero-order chi connectivity index (χ0) is 12.5. The van der Waals surface area contributed by atoms with Gasteiger partial charge < -0.3 is 10.3 Å². The number of fused-ring (bicyclic) bond motifs is 1. The van der Waals surface area contributed by atoms with E-state index in [1.165, 1.54) is 12.6 Å². The third kappa shape index (κ3) is 2.70. The van der Waals surface area contributed by atoms with Crippen molar-refractivity contribution < 1.29 is 8.42 Å². The van der Waals surface area contributed by atoms with E-state index in [4.69, 9.17) is 5.73 Å². The van der Waals surface area contributed by atoms with Crippen LogP contribution in [-0.2, 0) is 16.4 Å². The van der Waals surface area contributed by atoms with Gasteiger partial charge in [0.15, 0.2) is 11.5 Å². The standard InChI is InChI=1S/C9H13N5O2S/c1-17(15,16)4-2-3-14-6-13-7-8(10)11-5-12-9(7)14/h5-6H,2-4H2,1H3,(H2,10,11,12). The molecule has 0 saturated heterocycles. The van der Waals surface area contributed by atoms with Crippen LogP contribution in [-0.4, -0.2) is 39.9 Å². The van der Waals surface area contributed by atoms with Crippen LogP contribution in [0.5, 0.6) is 0 Å². The van der Waals surface area contributed by atoms with Gasteiger partial charge in [-0.3, -0.25) is 0 Å². The molecule has 0 bridgehead atoms. The molecule has 0 amide bonds. The summed E-state index contributed by atoms with van der Waals surface area (Å²) in [5.74, 6) is 0.476. The molecule has 0 aromatic carbocycles. The van der Waals surface area contributed by atoms with Crippen LogP contribution in [0.1, 0.15) is 6.42 Å². The van der Waals surface area contributed by atoms with E-state index in [0.717, 1.165) is 0 Å². The fourth-order valence-corrected chi connectivity index (χ4v) is 2.21. The number of rotatable bonds is 4. The van der Waals surface area contributed by atoms with Crippen molar-refractivity contribution in [2.45, 2.75) is 13.0 Å². The second-order valence-electron chi connectivity index (χ2n) is 3.85. The van der Waals surface area contributed by atoms with E-state index in [0.29, 0.717) is 29.9 Å². The Morgan fingerprint density at radius 3 is 2.82 bits per heavy atom. The highest BCUT2D eigenvalue weighted by Crippen LogP contribution is 2.14. The van der Waals surface area contributed by atoms with Crippen molar-refractivity contribution in [2.75, 3.05) is 17.7 Å². The molecule has 0 aliphatic carbocycles. The zero-order valence-electron chi connectivity index (χ0n) is 9.37. The zero-order valence-corrected chi connectivity index (χ0v) is 10.2. The third-order valence-corrected chi connectivity index (χ3v) is 3.37. The van der Waals surface area contributed by atoms with E-state index in [-0.39, 0.29) is 5.75 Å². The molecule has 8 heteroatoms. The van der Waals surface area contributed by atoms with E-state index in [1.54, 1.807) is 10.9 Å². The summed E-state index contributed by atoms with van der Waals surface area (Å²) in [5, 5.41) is 0. The van der Waals surface area contributed by atoms with Gasteiger partial charge in [0.1, 0.15) is 21.7 Å². The smallest absolute Gasteiger partial charge is 0.165 e. The number of hydrogen-bond donors (Lipinski definition) is 1. The van der Waals surface area contributed by atoms with Crippen molar-refractivity contribution in [3.63, 3.8) is 0 Å². The predicted molar refractivity (Wildman–Crippen MR) is 64.1 cm³/mol. The maximum atomic E-state index is 11.0. The number of imidazole rings is 1. The van der Waals surface area contributed by atoms with Gasteiger partial charge >= 0.3 is 0 Å². The van der Waals surface area contributed by atoms with Gasteiger partial charge in [-0.25, -0.2) is 23.4 Å². The first-order chi connectivity index (χ1) is 7.97. The van der Waals surface area contributed by atoms with Crippen LogP contribution < -0.4 is 5.73 Å². The Morgan fingerprint density at radius 2 is 2.12 bits per heavy atom. The Balaban J connectivity index is 2.17. The van der Waals surface area contributed by atoms with Crippen LogP contribution >= 0.6 is 0 Å². The maximum absolute atomic E-state index is 11.0. The molecule has 0 atom stereocenters. The van der Waals surface area contributed by atoms with Crippen molar-refractivity contribution in [3.05, 3.63) is 12.7 Å². The summed E-state index contributed by atoms with van der Waals surface area (Å²) in [6, 6.07) is 0. The monoisotopic (exact) mass is 255 g/mol. The molecule has 0 unspecified atom stereocenters. The number of sulfone groups is 1. The molecule has 0 fully saturated rings. The van der Waals surface area contributed by atoms with Crippen LogP contribution in [0, 0.1) is 0 Å². The number of nitrogens with zero attached hydrogens (tertiary/aromatic N) is 4.